The summed E-state index contributed by atoms with van der Waals surface area (Å²) < 4.78 is 8.86. The van der Waals surface area contributed by atoms with Gasteiger partial charge in [-0.2, -0.15) is 0 Å². The summed E-state index contributed by atoms with van der Waals surface area (Å²) in [5.41, 5.74) is 26.1. The molecular weight excluding hydrogens is 1100 g/mol. The molecule has 2 atom stereocenters. The van der Waals surface area contributed by atoms with Crippen molar-refractivity contribution in [2.45, 2.75) is 64.2 Å². The lowest BCUT2D eigenvalue weighted by Gasteiger charge is -2.35. The largest absolute Gasteiger partial charge is 0.493 e. The second kappa shape index (κ2) is 24.8. The quantitative estimate of drug-likeness (QED) is 0.0751. The summed E-state index contributed by atoms with van der Waals surface area (Å²) in [6, 6.07) is 106. The maximum Gasteiger partial charge on any atom is 0.119 e. The fourth-order valence-electron chi connectivity index (χ4n) is 14.0. The number of hydrogen-bond donors (Lipinski definition) is 0. The number of fused-ring (bicyclic) bond motifs is 6. The zero-order valence-electron chi connectivity index (χ0n) is 52.6. The molecule has 91 heavy (non-hydrogen) atoms. The molecule has 3 nitrogen and oxygen atoms in total. The number of nitrogens with zero attached hydrogens (tertiary/aromatic N) is 2. The summed E-state index contributed by atoms with van der Waals surface area (Å²) in [5.74, 6) is 1.30. The second-order valence-corrected chi connectivity index (χ2v) is 25.8. The van der Waals surface area contributed by atoms with Crippen LogP contribution < -0.4 is 9.64 Å². The topological polar surface area (TPSA) is 17.4 Å². The molecule has 1 aromatic heterocycles. The van der Waals surface area contributed by atoms with Gasteiger partial charge in [-0.3, -0.25) is 0 Å². The van der Waals surface area contributed by atoms with Crippen molar-refractivity contribution in [3.05, 3.63) is 332 Å². The first-order valence-electron chi connectivity index (χ1n) is 32.3. The molecule has 12 aromatic carbocycles. The van der Waals surface area contributed by atoms with Crippen LogP contribution in [0.1, 0.15) is 86.8 Å². The summed E-state index contributed by atoms with van der Waals surface area (Å²) in [6.45, 7) is 17.8. The van der Waals surface area contributed by atoms with E-state index >= 15 is 0 Å². The van der Waals surface area contributed by atoms with Crippen LogP contribution >= 0.6 is 0 Å². The molecule has 2 unspecified atom stereocenters. The van der Waals surface area contributed by atoms with Crippen molar-refractivity contribution in [3.8, 4) is 67.1 Å². The third-order valence-electron chi connectivity index (χ3n) is 19.0. The van der Waals surface area contributed by atoms with E-state index in [0.29, 0.717) is 12.5 Å². The van der Waals surface area contributed by atoms with Crippen molar-refractivity contribution in [1.82, 2.24) is 4.57 Å². The monoisotopic (exact) mass is 1180 g/mol. The highest BCUT2D eigenvalue weighted by Crippen LogP contribution is 2.57. The van der Waals surface area contributed by atoms with E-state index in [9.17, 15) is 0 Å². The van der Waals surface area contributed by atoms with E-state index in [0.717, 1.165) is 70.9 Å². The van der Waals surface area contributed by atoms with E-state index in [1.54, 1.807) is 0 Å². The van der Waals surface area contributed by atoms with Gasteiger partial charge in [0.2, 0.25) is 0 Å². The Morgan fingerprint density at radius 1 is 0.440 bits per heavy atom. The average Bonchev–Trinajstić information content (AvgIpc) is 1.57. The van der Waals surface area contributed by atoms with Crippen molar-refractivity contribution in [1.29, 1.82) is 0 Å². The Hall–Kier alpha value is -10.5. The van der Waals surface area contributed by atoms with E-state index < -0.39 is 5.41 Å². The van der Waals surface area contributed by atoms with Gasteiger partial charge in [0.05, 0.1) is 17.6 Å². The van der Waals surface area contributed by atoms with Crippen LogP contribution in [-0.4, -0.2) is 11.2 Å². The molecule has 0 saturated heterocycles. The van der Waals surface area contributed by atoms with Crippen LogP contribution in [-0.2, 0) is 10.8 Å². The summed E-state index contributed by atoms with van der Waals surface area (Å²) in [6.07, 6.45) is 7.96. The van der Waals surface area contributed by atoms with E-state index in [1.165, 1.54) is 94.1 Å². The molecular formula is C88H76N2O. The minimum Gasteiger partial charge on any atom is -0.493 e. The molecule has 0 bridgehead atoms. The first kappa shape index (κ1) is 58.2. The Bertz CT molecular complexity index is 4730. The highest BCUT2D eigenvalue weighted by molar-refractivity contribution is 6.11. The van der Waals surface area contributed by atoms with Crippen molar-refractivity contribution >= 4 is 51.0 Å². The third kappa shape index (κ3) is 11.4. The molecule has 0 amide bonds. The van der Waals surface area contributed by atoms with Crippen molar-refractivity contribution in [2.24, 2.45) is 5.92 Å². The minimum atomic E-state index is -0.391. The standard InChI is InChI=1S/C88H76N2O/c1-7-62-26-30-65(31-27-62)67-38-51-78(52-39-67)91-60-61(3)19-17-18-56-88(73-44-42-72(43-45-73)87(4,5)6)83-25-16-15-24-79(83)80-53-50-77(59-84(80)88)89(75-46-34-66(35-47-75)64-20-11-9-12-21-64)76-48-36-69(37-49-76)71-41-55-86-82(58-71)81-57-70(68-32-28-63(8-2)29-33-68)40-54-85(81)90(86)74-22-13-10-14-23-74/h7-16,20-55,57-59,61H,1-2,17-19,56,60H2,3-6H3. The Balaban J connectivity index is 0.815. The lowest BCUT2D eigenvalue weighted by atomic mass is 9.68. The first-order valence-corrected chi connectivity index (χ1v) is 32.3. The Kier molecular flexibility index (Phi) is 15.9. The third-order valence-corrected chi connectivity index (χ3v) is 19.0. The molecule has 3 heteroatoms. The summed E-state index contributed by atoms with van der Waals surface area (Å²) in [4.78, 5) is 2.46. The van der Waals surface area contributed by atoms with E-state index in [1.807, 2.05) is 12.2 Å². The maximum absolute atomic E-state index is 6.46. The summed E-state index contributed by atoms with van der Waals surface area (Å²) >= 11 is 0. The molecule has 1 heterocycles. The molecule has 0 spiro atoms. The van der Waals surface area contributed by atoms with Gasteiger partial charge in [0, 0.05) is 38.9 Å². The smallest absolute Gasteiger partial charge is 0.119 e. The Labute approximate surface area is 537 Å². The zero-order chi connectivity index (χ0) is 62.1. The van der Waals surface area contributed by atoms with Crippen LogP contribution in [0, 0.1) is 5.92 Å². The first-order chi connectivity index (χ1) is 44.5. The van der Waals surface area contributed by atoms with Crippen molar-refractivity contribution in [2.75, 3.05) is 11.5 Å². The van der Waals surface area contributed by atoms with Crippen LogP contribution in [0.2, 0.25) is 0 Å². The van der Waals surface area contributed by atoms with Crippen LogP contribution in [0.25, 0.3) is 95.3 Å². The highest BCUT2D eigenvalue weighted by Gasteiger charge is 2.44. The van der Waals surface area contributed by atoms with Crippen LogP contribution in [0.4, 0.5) is 17.1 Å². The number of hydrogen-bond acceptors (Lipinski definition) is 2. The number of aromatic nitrogens is 1. The highest BCUT2D eigenvalue weighted by atomic mass is 16.5. The van der Waals surface area contributed by atoms with Crippen LogP contribution in [0.3, 0.4) is 0 Å². The SMILES string of the molecule is C=Cc1ccc(-c2ccc(OCC(C)CCCCC3(c4ccc(C(C)(C)C)cc4)c4ccccc4-c4ccc(N(c5ccc(-c6ccccc6)cc5)c5ccc(-c6ccc7c(c6)c6cc(-c8ccc(C=C)cc8)ccc6n7-c6ccccc6)cc5)cc43)cc2)cc1. The number of anilines is 3. The van der Waals surface area contributed by atoms with E-state index in [4.69, 9.17) is 4.74 Å². The Morgan fingerprint density at radius 2 is 0.901 bits per heavy atom. The molecule has 14 rings (SSSR count). The van der Waals surface area contributed by atoms with Gasteiger partial charge in [-0.25, -0.2) is 0 Å². The molecule has 1 aliphatic rings. The fraction of sp³-hybridized carbons (Fsp3) is 0.136. The van der Waals surface area contributed by atoms with E-state index in [-0.39, 0.29) is 5.41 Å². The molecule has 1 aliphatic carbocycles. The molecule has 0 saturated carbocycles. The molecule has 13 aromatic rings. The fourth-order valence-corrected chi connectivity index (χ4v) is 14.0. The van der Waals surface area contributed by atoms with Gasteiger partial charge >= 0.3 is 0 Å². The van der Waals surface area contributed by atoms with Crippen molar-refractivity contribution in [3.63, 3.8) is 0 Å². The normalized spacial score (nSPS) is 13.8. The minimum absolute atomic E-state index is 0.0212. The second-order valence-electron chi connectivity index (χ2n) is 25.8. The zero-order valence-corrected chi connectivity index (χ0v) is 52.6. The maximum atomic E-state index is 6.46. The molecule has 0 N–H and O–H groups in total. The number of ether oxygens (including phenoxy) is 1. The number of rotatable bonds is 19. The number of para-hydroxylation sites is 1. The molecule has 0 aliphatic heterocycles. The Morgan fingerprint density at radius 3 is 1.45 bits per heavy atom. The lowest BCUT2D eigenvalue weighted by Crippen LogP contribution is -2.28. The lowest BCUT2D eigenvalue weighted by molar-refractivity contribution is 0.248. The predicted octanol–water partition coefficient (Wildman–Crippen LogP) is 24.1. The molecule has 0 radical (unpaired) electrons. The van der Waals surface area contributed by atoms with Gasteiger partial charge in [0.1, 0.15) is 5.75 Å². The predicted molar refractivity (Wildman–Crippen MR) is 387 cm³/mol. The average molecular weight is 1180 g/mol. The molecule has 0 fully saturated rings. The number of unbranched alkanes of at least 4 members (excludes halogenated alkanes) is 1. The number of benzene rings is 12. The van der Waals surface area contributed by atoms with Crippen molar-refractivity contribution < 1.29 is 4.74 Å². The summed E-state index contributed by atoms with van der Waals surface area (Å²) in [7, 11) is 0. The van der Waals surface area contributed by atoms with Gasteiger partial charge in [0.15, 0.2) is 0 Å². The van der Waals surface area contributed by atoms with Gasteiger partial charge < -0.3 is 14.2 Å². The van der Waals surface area contributed by atoms with Gasteiger partial charge in [-0.1, -0.05) is 266 Å². The van der Waals surface area contributed by atoms with E-state index in [2.05, 4.69) is 335 Å². The van der Waals surface area contributed by atoms with Gasteiger partial charge in [-0.05, 0) is 198 Å². The van der Waals surface area contributed by atoms with Crippen LogP contribution in [0.5, 0.6) is 5.75 Å². The van der Waals surface area contributed by atoms with Crippen LogP contribution in [0.15, 0.2) is 298 Å². The summed E-state index contributed by atoms with van der Waals surface area (Å²) in [5, 5.41) is 2.44. The van der Waals surface area contributed by atoms with Gasteiger partial charge in [0.25, 0.3) is 0 Å². The van der Waals surface area contributed by atoms with Gasteiger partial charge in [-0.15, -0.1) is 0 Å². The molecule has 444 valence electrons.